The molecule has 1 aliphatic rings. The predicted molar refractivity (Wildman–Crippen MR) is 70.4 cm³/mol. The van der Waals surface area contributed by atoms with E-state index in [0.29, 0.717) is 5.56 Å². The number of amides is 1. The number of nitriles is 1. The number of hydrogen-bond acceptors (Lipinski definition) is 4. The maximum absolute atomic E-state index is 11.1. The first kappa shape index (κ1) is 13.4. The monoisotopic (exact) mass is 259 g/mol. The summed E-state index contributed by atoms with van der Waals surface area (Å²) in [7, 11) is 1.37. The Hall–Kier alpha value is -2.06. The van der Waals surface area contributed by atoms with Crippen molar-refractivity contribution < 1.29 is 9.53 Å². The summed E-state index contributed by atoms with van der Waals surface area (Å²) in [6.45, 7) is 2.62. The molecule has 1 heterocycles. The number of ether oxygens (including phenoxy) is 1. The molecule has 1 N–H and O–H groups in total. The Morgan fingerprint density at radius 2 is 2.26 bits per heavy atom. The van der Waals surface area contributed by atoms with Crippen LogP contribution < -0.4 is 5.32 Å². The molecule has 2 rings (SSSR count). The number of carbonyl (C=O) groups is 1. The molecular weight excluding hydrogens is 242 g/mol. The second-order valence-corrected chi connectivity index (χ2v) is 4.67. The predicted octanol–water partition coefficient (Wildman–Crippen LogP) is 1.49. The number of rotatable bonds is 3. The molecule has 1 atom stereocenters. The maximum Gasteiger partial charge on any atom is 0.407 e. The summed E-state index contributed by atoms with van der Waals surface area (Å²) < 4.78 is 4.59. The van der Waals surface area contributed by atoms with Gasteiger partial charge in [0.15, 0.2) is 0 Å². The van der Waals surface area contributed by atoms with E-state index < -0.39 is 0 Å². The van der Waals surface area contributed by atoms with Gasteiger partial charge < -0.3 is 10.1 Å². The van der Waals surface area contributed by atoms with Crippen molar-refractivity contribution in [2.24, 2.45) is 0 Å². The van der Waals surface area contributed by atoms with E-state index in [9.17, 15) is 4.79 Å². The highest BCUT2D eigenvalue weighted by molar-refractivity contribution is 5.67. The summed E-state index contributed by atoms with van der Waals surface area (Å²) in [5.41, 5.74) is 1.85. The van der Waals surface area contributed by atoms with Crippen molar-refractivity contribution in [1.82, 2.24) is 10.2 Å². The third-order valence-electron chi connectivity index (χ3n) is 3.27. The largest absolute Gasteiger partial charge is 0.453 e. The number of benzene rings is 1. The van der Waals surface area contributed by atoms with Gasteiger partial charge in [0, 0.05) is 25.7 Å². The van der Waals surface area contributed by atoms with Gasteiger partial charge in [-0.3, -0.25) is 4.90 Å². The quantitative estimate of drug-likeness (QED) is 0.893. The van der Waals surface area contributed by atoms with Crippen molar-refractivity contribution in [3.8, 4) is 6.07 Å². The minimum atomic E-state index is -0.370. The maximum atomic E-state index is 11.1. The Bertz CT molecular complexity index is 478. The van der Waals surface area contributed by atoms with Crippen LogP contribution in [-0.2, 0) is 11.3 Å². The lowest BCUT2D eigenvalue weighted by atomic mass is 10.1. The molecule has 19 heavy (non-hydrogen) atoms. The summed E-state index contributed by atoms with van der Waals surface area (Å²) in [5.74, 6) is 0. The molecule has 1 fully saturated rings. The second kappa shape index (κ2) is 6.21. The van der Waals surface area contributed by atoms with E-state index in [0.717, 1.165) is 26.1 Å². The average Bonchev–Trinajstić information content (AvgIpc) is 2.86. The molecule has 1 aromatic rings. The molecule has 100 valence electrons. The van der Waals surface area contributed by atoms with Gasteiger partial charge >= 0.3 is 6.09 Å². The lowest BCUT2D eigenvalue weighted by Crippen LogP contribution is -2.36. The Labute approximate surface area is 112 Å². The van der Waals surface area contributed by atoms with Gasteiger partial charge in [0.25, 0.3) is 0 Å². The van der Waals surface area contributed by atoms with Crippen molar-refractivity contribution >= 4 is 6.09 Å². The summed E-state index contributed by atoms with van der Waals surface area (Å²) in [6, 6.07) is 9.87. The van der Waals surface area contributed by atoms with Gasteiger partial charge in [-0.2, -0.15) is 5.26 Å². The van der Waals surface area contributed by atoms with E-state index in [1.165, 1.54) is 12.7 Å². The fraction of sp³-hybridized carbons (Fsp3) is 0.429. The van der Waals surface area contributed by atoms with Crippen LogP contribution in [0.15, 0.2) is 24.3 Å². The van der Waals surface area contributed by atoms with Crippen LogP contribution in [0.2, 0.25) is 0 Å². The van der Waals surface area contributed by atoms with Gasteiger partial charge in [0.2, 0.25) is 0 Å². The minimum Gasteiger partial charge on any atom is -0.453 e. The number of alkyl carbamates (subject to hydrolysis) is 1. The molecule has 0 bridgehead atoms. The van der Waals surface area contributed by atoms with Gasteiger partial charge in [-0.05, 0) is 24.1 Å². The summed E-state index contributed by atoms with van der Waals surface area (Å²) >= 11 is 0. The SMILES string of the molecule is COC(=O)NC1CCN(Cc2ccc(C#N)cc2)C1. The van der Waals surface area contributed by atoms with Crippen molar-refractivity contribution in [3.05, 3.63) is 35.4 Å². The Balaban J connectivity index is 1.84. The van der Waals surface area contributed by atoms with E-state index in [-0.39, 0.29) is 12.1 Å². The summed E-state index contributed by atoms with van der Waals surface area (Å²) in [5, 5.41) is 11.6. The van der Waals surface area contributed by atoms with Gasteiger partial charge in [-0.25, -0.2) is 4.79 Å². The van der Waals surface area contributed by atoms with Gasteiger partial charge in [-0.15, -0.1) is 0 Å². The van der Waals surface area contributed by atoms with Crippen LogP contribution in [0.25, 0.3) is 0 Å². The molecule has 5 heteroatoms. The first-order valence-electron chi connectivity index (χ1n) is 6.27. The van der Waals surface area contributed by atoms with Crippen LogP contribution in [0, 0.1) is 11.3 Å². The van der Waals surface area contributed by atoms with Crippen LogP contribution >= 0.6 is 0 Å². The Morgan fingerprint density at radius 1 is 1.53 bits per heavy atom. The average molecular weight is 259 g/mol. The lowest BCUT2D eigenvalue weighted by molar-refractivity contribution is 0.166. The van der Waals surface area contributed by atoms with E-state index in [1.807, 2.05) is 24.3 Å². The van der Waals surface area contributed by atoms with E-state index in [4.69, 9.17) is 5.26 Å². The van der Waals surface area contributed by atoms with Crippen LogP contribution in [0.5, 0.6) is 0 Å². The molecule has 5 nitrogen and oxygen atoms in total. The molecule has 0 aliphatic carbocycles. The van der Waals surface area contributed by atoms with Gasteiger partial charge in [0.05, 0.1) is 18.7 Å². The summed E-state index contributed by atoms with van der Waals surface area (Å²) in [6.07, 6.45) is 0.566. The third-order valence-corrected chi connectivity index (χ3v) is 3.27. The summed E-state index contributed by atoms with van der Waals surface area (Å²) in [4.78, 5) is 13.4. The topological polar surface area (TPSA) is 65.4 Å². The van der Waals surface area contributed by atoms with E-state index in [2.05, 4.69) is 21.0 Å². The smallest absolute Gasteiger partial charge is 0.407 e. The Morgan fingerprint density at radius 3 is 2.89 bits per heavy atom. The van der Waals surface area contributed by atoms with Crippen molar-refractivity contribution in [2.45, 2.75) is 19.0 Å². The molecule has 0 aromatic heterocycles. The van der Waals surface area contributed by atoms with E-state index in [1.54, 1.807) is 0 Å². The second-order valence-electron chi connectivity index (χ2n) is 4.67. The Kier molecular flexibility index (Phi) is 4.37. The number of hydrogen-bond donors (Lipinski definition) is 1. The number of carbonyl (C=O) groups excluding carboxylic acids is 1. The van der Waals surface area contributed by atoms with Crippen LogP contribution in [0.4, 0.5) is 4.79 Å². The zero-order valence-electron chi connectivity index (χ0n) is 10.9. The normalized spacial score (nSPS) is 18.8. The number of nitrogens with one attached hydrogen (secondary N) is 1. The molecular formula is C14H17N3O2. The highest BCUT2D eigenvalue weighted by atomic mass is 16.5. The van der Waals surface area contributed by atoms with Crippen molar-refractivity contribution in [2.75, 3.05) is 20.2 Å². The van der Waals surface area contributed by atoms with Crippen LogP contribution in [0.3, 0.4) is 0 Å². The van der Waals surface area contributed by atoms with Gasteiger partial charge in [-0.1, -0.05) is 12.1 Å². The van der Waals surface area contributed by atoms with Crippen LogP contribution in [0.1, 0.15) is 17.5 Å². The molecule has 1 aromatic carbocycles. The highest BCUT2D eigenvalue weighted by Crippen LogP contribution is 2.14. The minimum absolute atomic E-state index is 0.158. The molecule has 1 aliphatic heterocycles. The molecule has 0 radical (unpaired) electrons. The number of nitrogens with zero attached hydrogens (tertiary/aromatic N) is 2. The van der Waals surface area contributed by atoms with E-state index >= 15 is 0 Å². The molecule has 1 amide bonds. The van der Waals surface area contributed by atoms with Gasteiger partial charge in [0.1, 0.15) is 0 Å². The molecule has 1 unspecified atom stereocenters. The fourth-order valence-electron chi connectivity index (χ4n) is 2.26. The lowest BCUT2D eigenvalue weighted by Gasteiger charge is -2.16. The standard InChI is InChI=1S/C14H17N3O2/c1-19-14(18)16-13-6-7-17(10-13)9-12-4-2-11(8-15)3-5-12/h2-5,13H,6-7,9-10H2,1H3,(H,16,18). The third kappa shape index (κ3) is 3.70. The first-order chi connectivity index (χ1) is 9.21. The first-order valence-corrected chi connectivity index (χ1v) is 6.27. The zero-order valence-corrected chi connectivity index (χ0v) is 10.9. The number of methoxy groups -OCH3 is 1. The fourth-order valence-corrected chi connectivity index (χ4v) is 2.26. The van der Waals surface area contributed by atoms with Crippen molar-refractivity contribution in [3.63, 3.8) is 0 Å². The van der Waals surface area contributed by atoms with Crippen molar-refractivity contribution in [1.29, 1.82) is 5.26 Å². The molecule has 1 saturated heterocycles. The molecule has 0 spiro atoms. The van der Waals surface area contributed by atoms with Crippen LogP contribution in [-0.4, -0.2) is 37.2 Å². The number of likely N-dealkylation sites (tertiary alicyclic amines) is 1. The zero-order chi connectivity index (χ0) is 13.7. The highest BCUT2D eigenvalue weighted by Gasteiger charge is 2.23. The molecule has 0 saturated carbocycles.